The summed E-state index contributed by atoms with van der Waals surface area (Å²) in [5.74, 6) is -0.687. The molecule has 2 heterocycles. The Balaban J connectivity index is 2.08. The summed E-state index contributed by atoms with van der Waals surface area (Å²) in [7, 11) is 0. The van der Waals surface area contributed by atoms with E-state index in [1.807, 2.05) is 0 Å². The molecule has 1 N–H and O–H groups in total. The highest BCUT2D eigenvalue weighted by atomic mass is 16.5. The molecule has 2 amide bonds. The number of rotatable bonds is 2. The summed E-state index contributed by atoms with van der Waals surface area (Å²) in [6.45, 7) is 0.0463. The van der Waals surface area contributed by atoms with Gasteiger partial charge in [0, 0.05) is 0 Å². The molecule has 0 atom stereocenters. The number of carbonyl (C=O) groups is 2. The van der Waals surface area contributed by atoms with Crippen LogP contribution in [-0.4, -0.2) is 45.3 Å². The van der Waals surface area contributed by atoms with Crippen molar-refractivity contribution in [1.82, 2.24) is 20.3 Å². The van der Waals surface area contributed by atoms with Crippen LogP contribution in [-0.2, 0) is 20.9 Å². The van der Waals surface area contributed by atoms with Crippen molar-refractivity contribution in [3.05, 3.63) is 11.9 Å². The van der Waals surface area contributed by atoms with E-state index in [2.05, 4.69) is 15.4 Å². The summed E-state index contributed by atoms with van der Waals surface area (Å²) in [5, 5.41) is 9.75. The molecule has 7 heteroatoms. The third-order valence-electron chi connectivity index (χ3n) is 1.84. The molecule has 1 aliphatic rings. The normalized spacial score (nSPS) is 17.6. The van der Waals surface area contributed by atoms with E-state index in [0.717, 1.165) is 4.90 Å². The first-order valence-corrected chi connectivity index (χ1v) is 4.03. The smallest absolute Gasteiger partial charge is 0.255 e. The number of H-pyrrole nitrogens is 1. The number of hydrogen-bond donors (Lipinski definition) is 1. The molecule has 14 heavy (non-hydrogen) atoms. The highest BCUT2D eigenvalue weighted by Crippen LogP contribution is 2.05. The van der Waals surface area contributed by atoms with Crippen molar-refractivity contribution in [2.45, 2.75) is 6.54 Å². The Morgan fingerprint density at radius 3 is 2.71 bits per heavy atom. The van der Waals surface area contributed by atoms with Gasteiger partial charge in [-0.1, -0.05) is 0 Å². The van der Waals surface area contributed by atoms with E-state index in [4.69, 9.17) is 4.74 Å². The third-order valence-corrected chi connectivity index (χ3v) is 1.84. The molecule has 0 bridgehead atoms. The number of morpholine rings is 1. The summed E-state index contributed by atoms with van der Waals surface area (Å²) in [6.07, 6.45) is 1.47. The van der Waals surface area contributed by atoms with E-state index in [9.17, 15) is 9.59 Å². The second-order valence-corrected chi connectivity index (χ2v) is 2.83. The first-order chi connectivity index (χ1) is 6.77. The zero-order chi connectivity index (χ0) is 9.97. The van der Waals surface area contributed by atoms with Crippen molar-refractivity contribution in [1.29, 1.82) is 0 Å². The summed E-state index contributed by atoms with van der Waals surface area (Å²) in [5.41, 5.74) is 0.550. The van der Waals surface area contributed by atoms with E-state index in [0.29, 0.717) is 5.69 Å². The summed E-state index contributed by atoms with van der Waals surface area (Å²) in [4.78, 5) is 23.6. The summed E-state index contributed by atoms with van der Waals surface area (Å²) < 4.78 is 4.76. The minimum Gasteiger partial charge on any atom is -0.362 e. The van der Waals surface area contributed by atoms with Crippen LogP contribution in [0.4, 0.5) is 0 Å². The van der Waals surface area contributed by atoms with Gasteiger partial charge in [-0.05, 0) is 0 Å². The molecule has 0 aromatic carbocycles. The quantitative estimate of drug-likeness (QED) is 0.593. The van der Waals surface area contributed by atoms with Crippen LogP contribution in [0.25, 0.3) is 0 Å². The Bertz CT molecular complexity index is 332. The fourth-order valence-corrected chi connectivity index (χ4v) is 1.16. The van der Waals surface area contributed by atoms with Crippen molar-refractivity contribution in [3.63, 3.8) is 0 Å². The number of nitrogens with zero attached hydrogens (tertiary/aromatic N) is 3. The van der Waals surface area contributed by atoms with Gasteiger partial charge in [0.2, 0.25) is 0 Å². The topological polar surface area (TPSA) is 88.2 Å². The fraction of sp³-hybridized carbons (Fsp3) is 0.429. The largest absolute Gasteiger partial charge is 0.362 e. The third kappa shape index (κ3) is 1.62. The molecule has 0 unspecified atom stereocenters. The van der Waals surface area contributed by atoms with Crippen molar-refractivity contribution in [2.24, 2.45) is 0 Å². The summed E-state index contributed by atoms with van der Waals surface area (Å²) in [6, 6.07) is 0. The van der Waals surface area contributed by atoms with Gasteiger partial charge in [0.15, 0.2) is 0 Å². The lowest BCUT2D eigenvalue weighted by atomic mass is 10.3. The van der Waals surface area contributed by atoms with Crippen LogP contribution in [0, 0.1) is 0 Å². The summed E-state index contributed by atoms with van der Waals surface area (Å²) >= 11 is 0. The zero-order valence-electron chi connectivity index (χ0n) is 7.27. The van der Waals surface area contributed by atoms with Crippen molar-refractivity contribution in [2.75, 3.05) is 13.2 Å². The van der Waals surface area contributed by atoms with Gasteiger partial charge in [0.05, 0.1) is 12.7 Å². The number of nitrogens with one attached hydrogen (secondary N) is 1. The highest BCUT2D eigenvalue weighted by molar-refractivity contribution is 5.98. The SMILES string of the molecule is O=C1COCC(=O)N1Cc1cn[nH]n1. The number of carbonyl (C=O) groups excluding carboxylic acids is 2. The lowest BCUT2D eigenvalue weighted by molar-refractivity contribution is -0.159. The van der Waals surface area contributed by atoms with E-state index in [1.54, 1.807) is 0 Å². The lowest BCUT2D eigenvalue weighted by Crippen LogP contribution is -2.45. The van der Waals surface area contributed by atoms with Crippen LogP contribution in [0.3, 0.4) is 0 Å². The highest BCUT2D eigenvalue weighted by Gasteiger charge is 2.27. The van der Waals surface area contributed by atoms with Gasteiger partial charge in [0.1, 0.15) is 18.9 Å². The molecule has 74 valence electrons. The van der Waals surface area contributed by atoms with Gasteiger partial charge in [-0.2, -0.15) is 15.4 Å². The molecule has 1 aromatic heterocycles. The van der Waals surface area contributed by atoms with Gasteiger partial charge in [0.25, 0.3) is 11.8 Å². The van der Waals surface area contributed by atoms with E-state index >= 15 is 0 Å². The number of hydrogen-bond acceptors (Lipinski definition) is 5. The van der Waals surface area contributed by atoms with Crippen molar-refractivity contribution >= 4 is 11.8 Å². The van der Waals surface area contributed by atoms with Gasteiger partial charge >= 0.3 is 0 Å². The molecule has 1 aliphatic heterocycles. The molecule has 2 rings (SSSR count). The molecule has 0 radical (unpaired) electrons. The number of aromatic nitrogens is 3. The lowest BCUT2D eigenvalue weighted by Gasteiger charge is -2.23. The second kappa shape index (κ2) is 3.54. The first kappa shape index (κ1) is 8.82. The van der Waals surface area contributed by atoms with Gasteiger partial charge in [-0.15, -0.1) is 0 Å². The Morgan fingerprint density at radius 1 is 1.43 bits per heavy atom. The predicted molar refractivity (Wildman–Crippen MR) is 42.8 cm³/mol. The number of ether oxygens (including phenoxy) is 1. The molecule has 0 aliphatic carbocycles. The average molecular weight is 196 g/mol. The second-order valence-electron chi connectivity index (χ2n) is 2.83. The van der Waals surface area contributed by atoms with E-state index in [-0.39, 0.29) is 31.6 Å². The minimum absolute atomic E-state index is 0.0520. The van der Waals surface area contributed by atoms with Crippen molar-refractivity contribution < 1.29 is 14.3 Å². The Hall–Kier alpha value is -1.76. The Kier molecular flexibility index (Phi) is 2.23. The van der Waals surface area contributed by atoms with Gasteiger partial charge in [-0.25, -0.2) is 0 Å². The van der Waals surface area contributed by atoms with E-state index < -0.39 is 0 Å². The monoisotopic (exact) mass is 196 g/mol. The van der Waals surface area contributed by atoms with Gasteiger partial charge in [-0.3, -0.25) is 14.5 Å². The Morgan fingerprint density at radius 2 is 2.14 bits per heavy atom. The van der Waals surface area contributed by atoms with Crippen LogP contribution in [0.5, 0.6) is 0 Å². The molecule has 1 aromatic rings. The number of aromatic amines is 1. The maximum absolute atomic E-state index is 11.3. The Labute approximate surface area is 79.0 Å². The molecule has 0 spiro atoms. The number of imide groups is 1. The predicted octanol–water partition coefficient (Wildman–Crippen LogP) is -1.31. The maximum atomic E-state index is 11.3. The van der Waals surface area contributed by atoms with Crippen molar-refractivity contribution in [3.8, 4) is 0 Å². The fourth-order valence-electron chi connectivity index (χ4n) is 1.16. The molecule has 1 saturated heterocycles. The minimum atomic E-state index is -0.343. The van der Waals surface area contributed by atoms with Crippen LogP contribution < -0.4 is 0 Å². The molecule has 0 saturated carbocycles. The molecular formula is C7H8N4O3. The zero-order valence-corrected chi connectivity index (χ0v) is 7.27. The number of amides is 2. The first-order valence-electron chi connectivity index (χ1n) is 4.03. The van der Waals surface area contributed by atoms with Crippen LogP contribution in [0.1, 0.15) is 5.69 Å². The van der Waals surface area contributed by atoms with Crippen LogP contribution in [0.2, 0.25) is 0 Å². The maximum Gasteiger partial charge on any atom is 0.255 e. The standard InChI is InChI=1S/C7H8N4O3/c12-6-3-14-4-7(13)11(6)2-5-1-8-10-9-5/h1H,2-4H2,(H,8,9,10). The average Bonchev–Trinajstić information content (AvgIpc) is 2.64. The van der Waals surface area contributed by atoms with Crippen LogP contribution >= 0.6 is 0 Å². The van der Waals surface area contributed by atoms with Crippen LogP contribution in [0.15, 0.2) is 6.20 Å². The molecule has 7 nitrogen and oxygen atoms in total. The molecular weight excluding hydrogens is 188 g/mol. The van der Waals surface area contributed by atoms with Gasteiger partial charge < -0.3 is 4.74 Å². The van der Waals surface area contributed by atoms with E-state index in [1.165, 1.54) is 6.20 Å². The molecule has 1 fully saturated rings.